The standard InChI is InChI=1S/C20H28F13NO4S2/c1-2-3-4-5-7-39-13(12(38)34-14(9-35,10-36)11-37)40-8-6-15(21,22)16(23,24)17(25,26)18(27,28)19(29,30)20(31,32)33/h13,35-37H,2-11H2,1H3,(H,34,38). The van der Waals surface area contributed by atoms with E-state index in [1.807, 2.05) is 12.2 Å². The van der Waals surface area contributed by atoms with Crippen molar-refractivity contribution in [2.75, 3.05) is 31.3 Å². The van der Waals surface area contributed by atoms with Crippen LogP contribution in [0.5, 0.6) is 0 Å². The number of aliphatic hydroxyl groups excluding tert-OH is 3. The third-order valence-electron chi connectivity index (χ3n) is 5.46. The number of amides is 1. The molecule has 0 aromatic carbocycles. The summed E-state index contributed by atoms with van der Waals surface area (Å²) in [5.41, 5.74) is -2.02. The molecule has 0 bridgehead atoms. The number of aliphatic hydroxyl groups is 3. The zero-order valence-corrected chi connectivity index (χ0v) is 22.3. The highest BCUT2D eigenvalue weighted by Crippen LogP contribution is 2.60. The monoisotopic (exact) mass is 657 g/mol. The first-order valence-electron chi connectivity index (χ1n) is 11.3. The van der Waals surface area contributed by atoms with Gasteiger partial charge in [0, 0.05) is 12.2 Å². The first kappa shape index (κ1) is 39.1. The van der Waals surface area contributed by atoms with Crippen LogP contribution in [0.4, 0.5) is 57.1 Å². The first-order chi connectivity index (χ1) is 18.0. The topological polar surface area (TPSA) is 89.8 Å². The second kappa shape index (κ2) is 14.5. The maximum atomic E-state index is 14.1. The molecule has 40 heavy (non-hydrogen) atoms. The van der Waals surface area contributed by atoms with E-state index >= 15 is 0 Å². The van der Waals surface area contributed by atoms with Crippen LogP contribution in [0.1, 0.15) is 39.0 Å². The Morgan fingerprint density at radius 2 is 1.12 bits per heavy atom. The van der Waals surface area contributed by atoms with E-state index in [2.05, 4.69) is 0 Å². The van der Waals surface area contributed by atoms with Crippen molar-refractivity contribution in [2.45, 2.75) is 84.9 Å². The molecule has 0 rings (SSSR count). The maximum absolute atomic E-state index is 14.1. The Kier molecular flexibility index (Phi) is 14.2. The van der Waals surface area contributed by atoms with Gasteiger partial charge in [-0.15, -0.1) is 23.5 Å². The molecule has 0 aliphatic heterocycles. The number of alkyl halides is 13. The lowest BCUT2D eigenvalue weighted by Crippen LogP contribution is -2.70. The van der Waals surface area contributed by atoms with E-state index < -0.39 is 83.8 Å². The third kappa shape index (κ3) is 8.37. The lowest BCUT2D eigenvalue weighted by Gasteiger charge is -2.39. The zero-order valence-electron chi connectivity index (χ0n) is 20.6. The number of nitrogens with one attached hydrogen (secondary N) is 1. The summed E-state index contributed by atoms with van der Waals surface area (Å²) in [4.78, 5) is 12.6. The van der Waals surface area contributed by atoms with Crippen molar-refractivity contribution in [1.82, 2.24) is 5.32 Å². The van der Waals surface area contributed by atoms with Gasteiger partial charge in [-0.1, -0.05) is 26.2 Å². The summed E-state index contributed by atoms with van der Waals surface area (Å²) in [6.45, 7) is -1.22. The van der Waals surface area contributed by atoms with E-state index in [0.29, 0.717) is 24.6 Å². The van der Waals surface area contributed by atoms with Crippen molar-refractivity contribution in [3.63, 3.8) is 0 Å². The summed E-state index contributed by atoms with van der Waals surface area (Å²) in [7, 11) is 0. The van der Waals surface area contributed by atoms with Crippen LogP contribution in [0.15, 0.2) is 0 Å². The van der Waals surface area contributed by atoms with Crippen molar-refractivity contribution < 1.29 is 77.2 Å². The first-order valence-corrected chi connectivity index (χ1v) is 13.4. The molecule has 5 nitrogen and oxygen atoms in total. The van der Waals surface area contributed by atoms with E-state index in [9.17, 15) is 77.2 Å². The molecule has 1 atom stereocenters. The molecule has 20 heteroatoms. The summed E-state index contributed by atoms with van der Waals surface area (Å²) < 4.78 is 171. The van der Waals surface area contributed by atoms with Gasteiger partial charge in [0.25, 0.3) is 0 Å². The predicted molar refractivity (Wildman–Crippen MR) is 120 cm³/mol. The normalized spacial score (nSPS) is 15.3. The minimum atomic E-state index is -7.99. The lowest BCUT2D eigenvalue weighted by atomic mass is 9.93. The molecule has 240 valence electrons. The second-order valence-corrected chi connectivity index (χ2v) is 11.4. The van der Waals surface area contributed by atoms with E-state index in [1.165, 1.54) is 0 Å². The van der Waals surface area contributed by atoms with E-state index in [0.717, 1.165) is 12.8 Å². The molecule has 0 saturated heterocycles. The molecule has 4 N–H and O–H groups in total. The van der Waals surface area contributed by atoms with Crippen LogP contribution in [-0.4, -0.2) is 98.5 Å². The number of carbonyl (C=O) groups excluding carboxylic acids is 1. The average Bonchev–Trinajstić information content (AvgIpc) is 2.84. The van der Waals surface area contributed by atoms with Gasteiger partial charge in [0.1, 0.15) is 10.1 Å². The number of thioether (sulfide) groups is 2. The molecule has 0 spiro atoms. The molecule has 0 fully saturated rings. The molecule has 0 aliphatic carbocycles. The highest BCUT2D eigenvalue weighted by molar-refractivity contribution is 8.18. The van der Waals surface area contributed by atoms with Gasteiger partial charge in [0.05, 0.1) is 19.8 Å². The number of unbranched alkanes of at least 4 members (excludes halogenated alkanes) is 3. The van der Waals surface area contributed by atoms with Crippen molar-refractivity contribution in [1.29, 1.82) is 0 Å². The number of halogens is 13. The van der Waals surface area contributed by atoms with Gasteiger partial charge in [-0.3, -0.25) is 4.79 Å². The number of hydrogen-bond donors (Lipinski definition) is 4. The Bertz CT molecular complexity index is 789. The quantitative estimate of drug-likeness (QED) is 0.0855. The second-order valence-electron chi connectivity index (χ2n) is 8.63. The van der Waals surface area contributed by atoms with Gasteiger partial charge in [0.2, 0.25) is 5.91 Å². The van der Waals surface area contributed by atoms with E-state index in [1.54, 1.807) is 0 Å². The molecule has 0 saturated carbocycles. The summed E-state index contributed by atoms with van der Waals surface area (Å²) in [5, 5.41) is 30.0. The highest BCUT2D eigenvalue weighted by Gasteiger charge is 2.90. The Labute approximate surface area is 228 Å². The third-order valence-corrected chi connectivity index (χ3v) is 8.28. The smallest absolute Gasteiger partial charge is 0.394 e. The van der Waals surface area contributed by atoms with Crippen LogP contribution in [0.3, 0.4) is 0 Å². The van der Waals surface area contributed by atoms with Crippen LogP contribution in [-0.2, 0) is 4.79 Å². The van der Waals surface area contributed by atoms with Crippen LogP contribution in [0, 0.1) is 0 Å². The van der Waals surface area contributed by atoms with Gasteiger partial charge < -0.3 is 20.6 Å². The Morgan fingerprint density at radius 3 is 1.55 bits per heavy atom. The van der Waals surface area contributed by atoms with Crippen LogP contribution < -0.4 is 5.32 Å². The fraction of sp³-hybridized carbons (Fsp3) is 0.950. The molecule has 0 radical (unpaired) electrons. The zero-order chi connectivity index (χ0) is 31.8. The van der Waals surface area contributed by atoms with Crippen molar-refractivity contribution in [3.05, 3.63) is 0 Å². The van der Waals surface area contributed by atoms with Gasteiger partial charge in [0.15, 0.2) is 0 Å². The molecule has 0 heterocycles. The predicted octanol–water partition coefficient (Wildman–Crippen LogP) is 5.32. The van der Waals surface area contributed by atoms with Crippen LogP contribution in [0.25, 0.3) is 0 Å². The summed E-state index contributed by atoms with van der Waals surface area (Å²) in [5.74, 6) is -39.8. The maximum Gasteiger partial charge on any atom is 0.460 e. The molecule has 1 unspecified atom stereocenters. The molecular weight excluding hydrogens is 629 g/mol. The van der Waals surface area contributed by atoms with Gasteiger partial charge >= 0.3 is 35.8 Å². The molecular formula is C20H28F13NO4S2. The fourth-order valence-electron chi connectivity index (χ4n) is 2.76. The fourth-order valence-corrected chi connectivity index (χ4v) is 5.32. The largest absolute Gasteiger partial charge is 0.460 e. The van der Waals surface area contributed by atoms with Gasteiger partial charge in [-0.05, 0) is 12.2 Å². The van der Waals surface area contributed by atoms with Crippen LogP contribution >= 0.6 is 23.5 Å². The van der Waals surface area contributed by atoms with Crippen LogP contribution in [0.2, 0.25) is 0 Å². The Hall–Kier alpha value is -0.860. The average molecular weight is 658 g/mol. The Balaban J connectivity index is 5.85. The SMILES string of the molecule is CCCCCCSC(SCCC(F)(F)C(F)(F)C(F)(F)C(F)(F)C(F)(F)C(F)(F)F)C(=O)NC(CO)(CO)CO. The Morgan fingerprint density at radius 1 is 0.675 bits per heavy atom. The number of hydrogen-bond acceptors (Lipinski definition) is 6. The molecule has 0 aliphatic rings. The van der Waals surface area contributed by atoms with Crippen molar-refractivity contribution >= 4 is 29.4 Å². The molecule has 0 aromatic heterocycles. The lowest BCUT2D eigenvalue weighted by molar-refractivity contribution is -0.439. The number of rotatable bonds is 19. The van der Waals surface area contributed by atoms with Crippen molar-refractivity contribution in [2.24, 2.45) is 0 Å². The van der Waals surface area contributed by atoms with E-state index in [4.69, 9.17) is 0 Å². The van der Waals surface area contributed by atoms with Gasteiger partial charge in [-0.25, -0.2) is 0 Å². The minimum Gasteiger partial charge on any atom is -0.394 e. The summed E-state index contributed by atoms with van der Waals surface area (Å²) >= 11 is 0.776. The molecule has 1 amide bonds. The van der Waals surface area contributed by atoms with Gasteiger partial charge in [-0.2, -0.15) is 57.1 Å². The van der Waals surface area contributed by atoms with E-state index in [-0.39, 0.29) is 17.5 Å². The molecule has 0 aromatic rings. The number of carbonyl (C=O) groups is 1. The van der Waals surface area contributed by atoms with Crippen molar-refractivity contribution in [3.8, 4) is 0 Å². The highest BCUT2D eigenvalue weighted by atomic mass is 32.2. The summed E-state index contributed by atoms with van der Waals surface area (Å²) in [6.07, 6.45) is -7.36. The minimum absolute atomic E-state index is 0.0686. The summed E-state index contributed by atoms with van der Waals surface area (Å²) in [6, 6.07) is 0.